The first-order chi connectivity index (χ1) is 16.9. The maximum atomic E-state index is 13.7. The molecule has 1 N–H and O–H groups in total. The standard InChI is InChI=1S/C28H34N2O5/c1-19(21-16-23(33-3)18-24(17-21)34-4)26(28(32)35-5)25(15-20-9-7-6-8-10-20)27(31)29-22-11-13-30(2)14-12-22/h6-10,15-18,22H,11-14H2,1-5H3,(H,29,31)/b25-15+,26-19-. The molecular formula is C28H34N2O5. The highest BCUT2D eigenvalue weighted by molar-refractivity contribution is 6.16. The fourth-order valence-corrected chi connectivity index (χ4v) is 4.12. The summed E-state index contributed by atoms with van der Waals surface area (Å²) in [5, 5.41) is 3.15. The van der Waals surface area contributed by atoms with Gasteiger partial charge in [0.2, 0.25) is 0 Å². The van der Waals surface area contributed by atoms with E-state index in [1.165, 1.54) is 7.11 Å². The molecule has 0 radical (unpaired) electrons. The Hall–Kier alpha value is -3.58. The van der Waals surface area contributed by atoms with Crippen molar-refractivity contribution in [3.63, 3.8) is 0 Å². The number of hydrogen-bond donors (Lipinski definition) is 1. The van der Waals surface area contributed by atoms with Crippen molar-refractivity contribution in [1.29, 1.82) is 0 Å². The van der Waals surface area contributed by atoms with Gasteiger partial charge in [0.05, 0.1) is 32.5 Å². The Labute approximate surface area is 207 Å². The van der Waals surface area contributed by atoms with Crippen molar-refractivity contribution in [3.05, 3.63) is 70.8 Å². The summed E-state index contributed by atoms with van der Waals surface area (Å²) in [6.45, 7) is 3.61. The summed E-state index contributed by atoms with van der Waals surface area (Å²) < 4.78 is 16.0. The summed E-state index contributed by atoms with van der Waals surface area (Å²) in [7, 11) is 6.52. The fraction of sp³-hybridized carbons (Fsp3) is 0.357. The van der Waals surface area contributed by atoms with Gasteiger partial charge >= 0.3 is 5.97 Å². The number of likely N-dealkylation sites (tertiary alicyclic amines) is 1. The minimum absolute atomic E-state index is 0.0361. The first-order valence-corrected chi connectivity index (χ1v) is 11.7. The maximum absolute atomic E-state index is 13.7. The zero-order valence-corrected chi connectivity index (χ0v) is 21.1. The van der Waals surface area contributed by atoms with E-state index in [1.54, 1.807) is 45.4 Å². The van der Waals surface area contributed by atoms with E-state index in [-0.39, 0.29) is 23.1 Å². The van der Waals surface area contributed by atoms with Crippen LogP contribution < -0.4 is 14.8 Å². The number of nitrogens with one attached hydrogen (secondary N) is 1. The molecule has 1 fully saturated rings. The second-order valence-electron chi connectivity index (χ2n) is 8.61. The molecule has 1 amide bonds. The van der Waals surface area contributed by atoms with Gasteiger partial charge in [-0.3, -0.25) is 4.79 Å². The molecule has 1 saturated heterocycles. The Balaban J connectivity index is 2.13. The Morgan fingerprint density at radius 2 is 1.57 bits per heavy atom. The highest BCUT2D eigenvalue weighted by Crippen LogP contribution is 2.32. The van der Waals surface area contributed by atoms with Gasteiger partial charge in [0.25, 0.3) is 5.91 Å². The second kappa shape index (κ2) is 12.2. The monoisotopic (exact) mass is 478 g/mol. The highest BCUT2D eigenvalue weighted by Gasteiger charge is 2.27. The lowest BCUT2D eigenvalue weighted by molar-refractivity contribution is -0.136. The third-order valence-corrected chi connectivity index (χ3v) is 6.23. The highest BCUT2D eigenvalue weighted by atomic mass is 16.5. The summed E-state index contributed by atoms with van der Waals surface area (Å²) in [5.41, 5.74) is 2.51. The van der Waals surface area contributed by atoms with E-state index in [0.29, 0.717) is 22.6 Å². The van der Waals surface area contributed by atoms with Crippen LogP contribution >= 0.6 is 0 Å². The van der Waals surface area contributed by atoms with Crippen molar-refractivity contribution in [2.24, 2.45) is 0 Å². The predicted octanol–water partition coefficient (Wildman–Crippen LogP) is 3.94. The van der Waals surface area contributed by atoms with Gasteiger partial charge in [0, 0.05) is 12.1 Å². The van der Waals surface area contributed by atoms with Crippen LogP contribution in [0.5, 0.6) is 11.5 Å². The van der Waals surface area contributed by atoms with Gasteiger partial charge in [0.1, 0.15) is 11.5 Å². The van der Waals surface area contributed by atoms with Crippen molar-refractivity contribution in [1.82, 2.24) is 10.2 Å². The largest absolute Gasteiger partial charge is 0.497 e. The van der Waals surface area contributed by atoms with E-state index in [9.17, 15) is 9.59 Å². The zero-order valence-electron chi connectivity index (χ0n) is 21.1. The number of allylic oxidation sites excluding steroid dienone is 1. The minimum atomic E-state index is -0.593. The number of piperidine rings is 1. The SMILES string of the molecule is COC(=O)C(=C(/C)c1cc(OC)cc(OC)c1)/C(=C\c1ccccc1)C(=O)NC1CCN(C)CC1. The number of carbonyl (C=O) groups excluding carboxylic acids is 2. The van der Waals surface area contributed by atoms with E-state index in [1.807, 2.05) is 30.3 Å². The maximum Gasteiger partial charge on any atom is 0.338 e. The topological polar surface area (TPSA) is 77.1 Å². The Morgan fingerprint density at radius 1 is 0.971 bits per heavy atom. The summed E-state index contributed by atoms with van der Waals surface area (Å²) in [4.78, 5) is 29.0. The Kier molecular flexibility index (Phi) is 9.09. The molecule has 2 aromatic carbocycles. The molecule has 0 aromatic heterocycles. The molecule has 2 aromatic rings. The molecule has 0 aliphatic carbocycles. The molecule has 0 bridgehead atoms. The van der Waals surface area contributed by atoms with Crippen LogP contribution in [0.1, 0.15) is 30.9 Å². The Bertz CT molecular complexity index is 1080. The van der Waals surface area contributed by atoms with Crippen LogP contribution in [0.2, 0.25) is 0 Å². The van der Waals surface area contributed by atoms with E-state index in [2.05, 4.69) is 17.3 Å². The van der Waals surface area contributed by atoms with E-state index >= 15 is 0 Å². The lowest BCUT2D eigenvalue weighted by atomic mass is 9.92. The third-order valence-electron chi connectivity index (χ3n) is 6.23. The van der Waals surface area contributed by atoms with Gasteiger partial charge in [-0.2, -0.15) is 0 Å². The first kappa shape index (κ1) is 26.0. The number of benzene rings is 2. The second-order valence-corrected chi connectivity index (χ2v) is 8.61. The van der Waals surface area contributed by atoms with Crippen molar-refractivity contribution in [3.8, 4) is 11.5 Å². The molecule has 1 heterocycles. The number of hydrogen-bond acceptors (Lipinski definition) is 6. The van der Waals surface area contributed by atoms with Crippen molar-refractivity contribution in [2.45, 2.75) is 25.8 Å². The summed E-state index contributed by atoms with van der Waals surface area (Å²) in [5.74, 6) is 0.252. The number of nitrogens with zero attached hydrogens (tertiary/aromatic N) is 1. The molecule has 186 valence electrons. The minimum Gasteiger partial charge on any atom is -0.497 e. The lowest BCUT2D eigenvalue weighted by Gasteiger charge is -2.30. The van der Waals surface area contributed by atoms with Crippen LogP contribution in [0.25, 0.3) is 11.6 Å². The fourth-order valence-electron chi connectivity index (χ4n) is 4.12. The summed E-state index contributed by atoms with van der Waals surface area (Å²) in [6, 6.07) is 14.9. The molecular weight excluding hydrogens is 444 g/mol. The van der Waals surface area contributed by atoms with Crippen LogP contribution in [-0.4, -0.2) is 64.3 Å². The molecule has 7 heteroatoms. The summed E-state index contributed by atoms with van der Waals surface area (Å²) in [6.07, 6.45) is 3.44. The average molecular weight is 479 g/mol. The van der Waals surface area contributed by atoms with Gasteiger partial charge < -0.3 is 24.4 Å². The van der Waals surface area contributed by atoms with Gasteiger partial charge in [-0.25, -0.2) is 4.79 Å². The molecule has 1 aliphatic heterocycles. The van der Waals surface area contributed by atoms with Crippen molar-refractivity contribution >= 4 is 23.5 Å². The molecule has 0 unspecified atom stereocenters. The van der Waals surface area contributed by atoms with E-state index in [4.69, 9.17) is 14.2 Å². The van der Waals surface area contributed by atoms with Crippen LogP contribution in [0.15, 0.2) is 59.7 Å². The number of amides is 1. The van der Waals surface area contributed by atoms with Crippen LogP contribution in [0.3, 0.4) is 0 Å². The third kappa shape index (κ3) is 6.73. The average Bonchev–Trinajstić information content (AvgIpc) is 2.89. The number of rotatable bonds is 8. The Morgan fingerprint density at radius 3 is 2.11 bits per heavy atom. The number of esters is 1. The zero-order chi connectivity index (χ0) is 25.4. The molecule has 0 saturated carbocycles. The van der Waals surface area contributed by atoms with Gasteiger partial charge in [-0.15, -0.1) is 0 Å². The normalized spacial score (nSPS) is 15.7. The van der Waals surface area contributed by atoms with Crippen LogP contribution in [0, 0.1) is 0 Å². The van der Waals surface area contributed by atoms with Gasteiger partial charge in [-0.1, -0.05) is 30.3 Å². The van der Waals surface area contributed by atoms with Crippen LogP contribution in [-0.2, 0) is 14.3 Å². The molecule has 35 heavy (non-hydrogen) atoms. The molecule has 3 rings (SSSR count). The van der Waals surface area contributed by atoms with Crippen LogP contribution in [0.4, 0.5) is 0 Å². The first-order valence-electron chi connectivity index (χ1n) is 11.7. The number of carbonyl (C=O) groups is 2. The smallest absolute Gasteiger partial charge is 0.338 e. The van der Waals surface area contributed by atoms with Crippen molar-refractivity contribution < 1.29 is 23.8 Å². The van der Waals surface area contributed by atoms with Gasteiger partial charge in [-0.05, 0) is 74.8 Å². The lowest BCUT2D eigenvalue weighted by Crippen LogP contribution is -2.44. The number of methoxy groups -OCH3 is 3. The van der Waals surface area contributed by atoms with E-state index in [0.717, 1.165) is 31.5 Å². The molecule has 1 aliphatic rings. The molecule has 0 atom stereocenters. The molecule has 0 spiro atoms. The van der Waals surface area contributed by atoms with Crippen molar-refractivity contribution in [2.75, 3.05) is 41.5 Å². The quantitative estimate of drug-likeness (QED) is 0.352. The van der Waals surface area contributed by atoms with E-state index < -0.39 is 5.97 Å². The number of ether oxygens (including phenoxy) is 3. The predicted molar refractivity (Wildman–Crippen MR) is 137 cm³/mol. The summed E-state index contributed by atoms with van der Waals surface area (Å²) >= 11 is 0. The van der Waals surface area contributed by atoms with Gasteiger partial charge in [0.15, 0.2) is 0 Å². The molecule has 7 nitrogen and oxygen atoms in total.